The summed E-state index contributed by atoms with van der Waals surface area (Å²) in [5.74, 6) is -0.109. The summed E-state index contributed by atoms with van der Waals surface area (Å²) in [6.45, 7) is 1.62. The molecule has 1 unspecified atom stereocenters. The van der Waals surface area contributed by atoms with Crippen LogP contribution in [0.1, 0.15) is 13.0 Å². The van der Waals surface area contributed by atoms with Crippen LogP contribution in [0.4, 0.5) is 0 Å². The second-order valence-electron chi connectivity index (χ2n) is 3.17. The van der Waals surface area contributed by atoms with Crippen molar-refractivity contribution in [1.29, 1.82) is 0 Å². The molecule has 80 valence electrons. The number of nitrogens with one attached hydrogen (secondary N) is 2. The molecule has 1 rings (SSSR count). The van der Waals surface area contributed by atoms with Gasteiger partial charge in [-0.2, -0.15) is 0 Å². The van der Waals surface area contributed by atoms with Crippen LogP contribution in [0.3, 0.4) is 0 Å². The molecule has 0 aliphatic heterocycles. The Morgan fingerprint density at radius 3 is 2.43 bits per heavy atom. The predicted octanol–water partition coefficient (Wildman–Crippen LogP) is -0.160. The minimum absolute atomic E-state index is 0.109. The Hall–Kier alpha value is -0.890. The summed E-state index contributed by atoms with van der Waals surface area (Å²) >= 11 is 4.82. The number of sulfone groups is 1. The van der Waals surface area contributed by atoms with Crippen molar-refractivity contribution in [2.75, 3.05) is 12.0 Å². The van der Waals surface area contributed by atoms with Crippen molar-refractivity contribution in [2.24, 2.45) is 0 Å². The first-order chi connectivity index (χ1) is 6.31. The highest BCUT2D eigenvalue weighted by atomic mass is 32.2. The molecule has 0 aliphatic rings. The van der Waals surface area contributed by atoms with E-state index in [1.807, 2.05) is 0 Å². The highest BCUT2D eigenvalue weighted by molar-refractivity contribution is 7.90. The molecule has 0 saturated heterocycles. The summed E-state index contributed by atoms with van der Waals surface area (Å²) in [6, 6.07) is -0.465. The molecule has 0 bridgehead atoms. The molecule has 1 aromatic heterocycles. The van der Waals surface area contributed by atoms with E-state index in [1.54, 1.807) is 6.92 Å². The Kier molecular flexibility index (Phi) is 2.95. The zero-order chi connectivity index (χ0) is 10.9. The van der Waals surface area contributed by atoms with Crippen LogP contribution < -0.4 is 5.69 Å². The molecular weight excluding hydrogens is 226 g/mol. The zero-order valence-electron chi connectivity index (χ0n) is 7.77. The molecule has 6 nitrogen and oxygen atoms in total. The van der Waals surface area contributed by atoms with Gasteiger partial charge in [0.2, 0.25) is 0 Å². The number of hydrogen-bond donors (Lipinski definition) is 2. The van der Waals surface area contributed by atoms with Crippen molar-refractivity contribution in [3.05, 3.63) is 15.3 Å². The molecule has 0 aromatic carbocycles. The number of aromatic amines is 2. The fourth-order valence-corrected chi connectivity index (χ4v) is 2.57. The quantitative estimate of drug-likeness (QED) is 0.715. The van der Waals surface area contributed by atoms with Crippen molar-refractivity contribution < 1.29 is 8.42 Å². The topological polar surface area (TPSA) is 87.7 Å². The second kappa shape index (κ2) is 3.70. The molecule has 2 N–H and O–H groups in total. The summed E-state index contributed by atoms with van der Waals surface area (Å²) in [4.78, 5) is 11.2. The molecule has 14 heavy (non-hydrogen) atoms. The van der Waals surface area contributed by atoms with Gasteiger partial charge >= 0.3 is 5.69 Å². The van der Waals surface area contributed by atoms with Gasteiger partial charge in [0.25, 0.3) is 0 Å². The van der Waals surface area contributed by atoms with Gasteiger partial charge in [0.05, 0.1) is 11.8 Å². The van der Waals surface area contributed by atoms with Gasteiger partial charge in [-0.05, 0) is 19.1 Å². The first kappa shape index (κ1) is 11.2. The predicted molar refractivity (Wildman–Crippen MR) is 54.7 cm³/mol. The van der Waals surface area contributed by atoms with Crippen LogP contribution >= 0.6 is 12.2 Å². The van der Waals surface area contributed by atoms with Gasteiger partial charge in [0, 0.05) is 6.26 Å². The van der Waals surface area contributed by atoms with E-state index < -0.39 is 21.6 Å². The Morgan fingerprint density at radius 1 is 1.50 bits per heavy atom. The largest absolute Gasteiger partial charge is 0.342 e. The van der Waals surface area contributed by atoms with Crippen LogP contribution in [0.2, 0.25) is 0 Å². The molecule has 0 spiro atoms. The Balaban J connectivity index is 3.08. The van der Waals surface area contributed by atoms with E-state index >= 15 is 0 Å². The zero-order valence-corrected chi connectivity index (χ0v) is 9.41. The second-order valence-corrected chi connectivity index (χ2v) is 5.74. The van der Waals surface area contributed by atoms with Gasteiger partial charge < -0.3 is 0 Å². The molecule has 1 atom stereocenters. The molecule has 0 radical (unpaired) electrons. The Labute approximate surface area is 85.9 Å². The summed E-state index contributed by atoms with van der Waals surface area (Å²) in [5.41, 5.74) is -0.425. The normalized spacial score (nSPS) is 14.1. The fraction of sp³-hybridized carbons (Fsp3) is 0.667. The van der Waals surface area contributed by atoms with Crippen molar-refractivity contribution in [1.82, 2.24) is 14.8 Å². The molecule has 0 saturated carbocycles. The van der Waals surface area contributed by atoms with E-state index in [1.165, 1.54) is 4.57 Å². The summed E-state index contributed by atoms with van der Waals surface area (Å²) in [7, 11) is -3.12. The third-order valence-electron chi connectivity index (χ3n) is 1.70. The molecule has 0 fully saturated rings. The van der Waals surface area contributed by atoms with Gasteiger partial charge in [-0.3, -0.25) is 9.67 Å². The van der Waals surface area contributed by atoms with Gasteiger partial charge in [-0.1, -0.05) is 0 Å². The molecular formula is C6H11N3O3S2. The maximum absolute atomic E-state index is 11.2. The van der Waals surface area contributed by atoms with Gasteiger partial charge in [0.15, 0.2) is 4.77 Å². The Bertz CT molecular complexity index is 494. The molecule has 8 heteroatoms. The lowest BCUT2D eigenvalue weighted by Crippen LogP contribution is -2.25. The van der Waals surface area contributed by atoms with Crippen LogP contribution in [-0.4, -0.2) is 35.2 Å². The van der Waals surface area contributed by atoms with Crippen molar-refractivity contribution in [2.45, 2.75) is 13.0 Å². The van der Waals surface area contributed by atoms with E-state index in [-0.39, 0.29) is 10.5 Å². The van der Waals surface area contributed by atoms with Crippen LogP contribution in [0.5, 0.6) is 0 Å². The Morgan fingerprint density at radius 2 is 2.07 bits per heavy atom. The fourth-order valence-electron chi connectivity index (χ4n) is 1.23. The standard InChI is InChI=1S/C6H11N3O3S2/c1-4(3-14(2,11)12)9-5(10)7-8-6(9)13/h4H,3H2,1-2H3,(H,7,10)(H,8,13). The number of hydrogen-bond acceptors (Lipinski definition) is 4. The van der Waals surface area contributed by atoms with Crippen LogP contribution in [0.15, 0.2) is 4.79 Å². The molecule has 1 aromatic rings. The maximum atomic E-state index is 11.2. The van der Waals surface area contributed by atoms with E-state index in [9.17, 15) is 13.2 Å². The monoisotopic (exact) mass is 237 g/mol. The third-order valence-corrected chi connectivity index (χ3v) is 3.09. The molecule has 0 amide bonds. The lowest BCUT2D eigenvalue weighted by molar-refractivity contribution is 0.547. The lowest BCUT2D eigenvalue weighted by atomic mass is 10.4. The van der Waals surface area contributed by atoms with E-state index in [4.69, 9.17) is 12.2 Å². The maximum Gasteiger partial charge on any atom is 0.342 e. The van der Waals surface area contributed by atoms with Crippen molar-refractivity contribution in [3.8, 4) is 0 Å². The lowest BCUT2D eigenvalue weighted by Gasteiger charge is -2.09. The van der Waals surface area contributed by atoms with E-state index in [0.29, 0.717) is 0 Å². The van der Waals surface area contributed by atoms with Crippen LogP contribution in [-0.2, 0) is 9.84 Å². The number of nitrogens with zero attached hydrogens (tertiary/aromatic N) is 1. The van der Waals surface area contributed by atoms with Crippen molar-refractivity contribution >= 4 is 22.1 Å². The molecule has 0 aliphatic carbocycles. The van der Waals surface area contributed by atoms with Gasteiger partial charge in [-0.15, -0.1) is 0 Å². The highest BCUT2D eigenvalue weighted by Gasteiger charge is 2.15. The molecule has 1 heterocycles. The summed E-state index contributed by atoms with van der Waals surface area (Å²) < 4.78 is 23.4. The smallest absolute Gasteiger partial charge is 0.272 e. The highest BCUT2D eigenvalue weighted by Crippen LogP contribution is 2.04. The first-order valence-corrected chi connectivity index (χ1v) is 6.35. The summed E-state index contributed by atoms with van der Waals surface area (Å²) in [5, 5.41) is 4.74. The average Bonchev–Trinajstić information content (AvgIpc) is 2.27. The van der Waals surface area contributed by atoms with Gasteiger partial charge in [0.1, 0.15) is 9.84 Å². The van der Waals surface area contributed by atoms with Crippen LogP contribution in [0.25, 0.3) is 0 Å². The van der Waals surface area contributed by atoms with Crippen molar-refractivity contribution in [3.63, 3.8) is 0 Å². The number of rotatable bonds is 3. The first-order valence-electron chi connectivity index (χ1n) is 3.88. The van der Waals surface area contributed by atoms with E-state index in [0.717, 1.165) is 6.26 Å². The third kappa shape index (κ3) is 2.55. The van der Waals surface area contributed by atoms with E-state index in [2.05, 4.69) is 10.2 Å². The van der Waals surface area contributed by atoms with Gasteiger partial charge in [-0.25, -0.2) is 18.3 Å². The summed E-state index contributed by atoms with van der Waals surface area (Å²) in [6.07, 6.45) is 1.12. The van der Waals surface area contributed by atoms with Crippen LogP contribution in [0, 0.1) is 4.77 Å². The minimum Gasteiger partial charge on any atom is -0.272 e. The average molecular weight is 237 g/mol. The number of aromatic nitrogens is 3. The SMILES string of the molecule is CC(CS(C)(=O)=O)n1c(=O)[nH][nH]c1=S. The number of H-pyrrole nitrogens is 2. The minimum atomic E-state index is -3.12.